The van der Waals surface area contributed by atoms with Gasteiger partial charge in [0.05, 0.1) is 6.21 Å². The van der Waals surface area contributed by atoms with E-state index < -0.39 is 0 Å². The first kappa shape index (κ1) is 18.0. The van der Waals surface area contributed by atoms with Crippen molar-refractivity contribution in [2.45, 2.75) is 39.5 Å². The van der Waals surface area contributed by atoms with Crippen LogP contribution in [0.5, 0.6) is 5.75 Å². The highest BCUT2D eigenvalue weighted by Gasteiger charge is 2.21. The van der Waals surface area contributed by atoms with Crippen molar-refractivity contribution in [2.75, 3.05) is 18.0 Å². The van der Waals surface area contributed by atoms with Gasteiger partial charge >= 0.3 is 0 Å². The van der Waals surface area contributed by atoms with Crippen LogP contribution in [0.4, 0.5) is 5.69 Å². The van der Waals surface area contributed by atoms with E-state index in [1.807, 2.05) is 6.07 Å². The van der Waals surface area contributed by atoms with E-state index in [0.717, 1.165) is 55.7 Å². The van der Waals surface area contributed by atoms with Crippen LogP contribution < -0.4 is 10.3 Å². The van der Waals surface area contributed by atoms with E-state index in [2.05, 4.69) is 39.5 Å². The van der Waals surface area contributed by atoms with Gasteiger partial charge in [-0.3, -0.25) is 9.89 Å². The number of rotatable bonds is 6. The van der Waals surface area contributed by atoms with Gasteiger partial charge in [0.15, 0.2) is 5.69 Å². The van der Waals surface area contributed by atoms with E-state index in [1.54, 1.807) is 12.1 Å². The third kappa shape index (κ3) is 3.71. The second kappa shape index (κ2) is 8.03. The van der Waals surface area contributed by atoms with E-state index in [4.69, 9.17) is 0 Å². The van der Waals surface area contributed by atoms with E-state index in [1.165, 1.54) is 6.21 Å². The number of carbonyl (C=O) groups is 1. The molecule has 1 amide bonds. The summed E-state index contributed by atoms with van der Waals surface area (Å²) >= 11 is 0. The smallest absolute Gasteiger partial charge is 0.292 e. The van der Waals surface area contributed by atoms with E-state index in [9.17, 15) is 9.90 Å². The lowest BCUT2D eigenvalue weighted by Gasteiger charge is -2.21. The second-order valence-electron chi connectivity index (χ2n) is 6.35. The Morgan fingerprint density at radius 3 is 2.85 bits per heavy atom. The molecule has 1 aromatic carbocycles. The molecule has 26 heavy (non-hydrogen) atoms. The molecule has 0 saturated heterocycles. The predicted molar refractivity (Wildman–Crippen MR) is 102 cm³/mol. The minimum Gasteiger partial charge on any atom is -0.507 e. The number of anilines is 1. The highest BCUT2D eigenvalue weighted by molar-refractivity contribution is 5.95. The van der Waals surface area contributed by atoms with Gasteiger partial charge in [0, 0.05) is 41.7 Å². The predicted octanol–water partition coefficient (Wildman–Crippen LogP) is 2.60. The number of hydrogen-bond donors (Lipinski definition) is 3. The molecular weight excluding hydrogens is 330 g/mol. The van der Waals surface area contributed by atoms with Crippen LogP contribution in [0, 0.1) is 0 Å². The van der Waals surface area contributed by atoms with Crippen molar-refractivity contribution in [3.05, 3.63) is 40.7 Å². The third-order valence-corrected chi connectivity index (χ3v) is 4.78. The zero-order valence-electron chi connectivity index (χ0n) is 15.2. The molecular formula is C19H25N5O2. The Morgan fingerprint density at radius 1 is 1.35 bits per heavy atom. The molecule has 0 fully saturated rings. The molecule has 1 heterocycles. The average Bonchev–Trinajstić information content (AvgIpc) is 3.08. The summed E-state index contributed by atoms with van der Waals surface area (Å²) in [5, 5.41) is 21.2. The number of phenols is 1. The van der Waals surface area contributed by atoms with E-state index in [-0.39, 0.29) is 11.7 Å². The van der Waals surface area contributed by atoms with Crippen molar-refractivity contribution in [1.29, 1.82) is 0 Å². The molecule has 0 saturated carbocycles. The fourth-order valence-corrected chi connectivity index (χ4v) is 3.31. The molecule has 0 radical (unpaired) electrons. The number of hydrazone groups is 1. The third-order valence-electron chi connectivity index (χ3n) is 4.78. The first-order valence-electron chi connectivity index (χ1n) is 9.11. The van der Waals surface area contributed by atoms with Crippen LogP contribution in [0.25, 0.3) is 0 Å². The van der Waals surface area contributed by atoms with Crippen molar-refractivity contribution in [3.8, 4) is 5.75 Å². The molecule has 3 rings (SSSR count). The Kier molecular flexibility index (Phi) is 5.55. The van der Waals surface area contributed by atoms with Crippen LogP contribution in [-0.2, 0) is 12.8 Å². The molecule has 1 aromatic heterocycles. The summed E-state index contributed by atoms with van der Waals surface area (Å²) in [6.07, 6.45) is 5.44. The number of aromatic hydroxyl groups is 1. The molecule has 1 aliphatic carbocycles. The Labute approximate surface area is 153 Å². The lowest BCUT2D eigenvalue weighted by atomic mass is 9.96. The molecule has 0 spiro atoms. The molecule has 138 valence electrons. The molecule has 0 aliphatic heterocycles. The molecule has 7 heteroatoms. The minimum absolute atomic E-state index is 0.129. The highest BCUT2D eigenvalue weighted by Crippen LogP contribution is 2.24. The zero-order chi connectivity index (χ0) is 18.5. The number of nitrogens with one attached hydrogen (secondary N) is 2. The molecule has 0 unspecified atom stereocenters. The van der Waals surface area contributed by atoms with Gasteiger partial charge in [-0.25, -0.2) is 5.43 Å². The summed E-state index contributed by atoms with van der Waals surface area (Å²) in [5.41, 5.74) is 6.46. The number of aryl methyl sites for hydroxylation is 1. The lowest BCUT2D eigenvalue weighted by Crippen LogP contribution is -2.21. The summed E-state index contributed by atoms with van der Waals surface area (Å²) in [6.45, 7) is 5.87. The number of hydrogen-bond acceptors (Lipinski definition) is 5. The molecule has 7 nitrogen and oxygen atoms in total. The Morgan fingerprint density at radius 2 is 2.12 bits per heavy atom. The summed E-state index contributed by atoms with van der Waals surface area (Å²) in [5.74, 6) is -0.204. The van der Waals surface area contributed by atoms with Gasteiger partial charge in [-0.2, -0.15) is 10.2 Å². The number of amides is 1. The standard InChI is InChI=1S/C19H25N5O2/c1-3-24(4-2)14-10-9-13(17(25)11-14)12-20-23-19(26)18-15-7-5-6-8-16(15)21-22-18/h9-12,25H,3-8H2,1-2H3,(H,21,22)(H,23,26)/b20-12-. The number of aromatic amines is 1. The fraction of sp³-hybridized carbons (Fsp3) is 0.421. The Hall–Kier alpha value is -2.83. The van der Waals surface area contributed by atoms with Gasteiger partial charge in [0.25, 0.3) is 5.91 Å². The van der Waals surface area contributed by atoms with Gasteiger partial charge in [-0.15, -0.1) is 0 Å². The monoisotopic (exact) mass is 355 g/mol. The highest BCUT2D eigenvalue weighted by atomic mass is 16.3. The van der Waals surface area contributed by atoms with Gasteiger partial charge in [-0.05, 0) is 51.7 Å². The van der Waals surface area contributed by atoms with Crippen molar-refractivity contribution in [1.82, 2.24) is 15.6 Å². The van der Waals surface area contributed by atoms with Crippen LogP contribution in [0.2, 0.25) is 0 Å². The first-order valence-corrected chi connectivity index (χ1v) is 9.11. The maximum Gasteiger partial charge on any atom is 0.292 e. The fourth-order valence-electron chi connectivity index (χ4n) is 3.31. The van der Waals surface area contributed by atoms with Crippen molar-refractivity contribution in [3.63, 3.8) is 0 Å². The summed E-state index contributed by atoms with van der Waals surface area (Å²) < 4.78 is 0. The van der Waals surface area contributed by atoms with Gasteiger partial charge in [-0.1, -0.05) is 0 Å². The van der Waals surface area contributed by atoms with Crippen molar-refractivity contribution >= 4 is 17.8 Å². The number of carbonyl (C=O) groups excluding carboxylic acids is 1. The van der Waals surface area contributed by atoms with Gasteiger partial charge < -0.3 is 10.0 Å². The van der Waals surface area contributed by atoms with Crippen molar-refractivity contribution < 1.29 is 9.90 Å². The van der Waals surface area contributed by atoms with Gasteiger partial charge in [0.2, 0.25) is 0 Å². The van der Waals surface area contributed by atoms with Crippen LogP contribution in [0.15, 0.2) is 23.3 Å². The minimum atomic E-state index is -0.333. The summed E-state index contributed by atoms with van der Waals surface area (Å²) in [7, 11) is 0. The van der Waals surface area contributed by atoms with Crippen LogP contribution >= 0.6 is 0 Å². The maximum atomic E-state index is 12.3. The summed E-state index contributed by atoms with van der Waals surface area (Å²) in [6, 6.07) is 5.43. The Bertz CT molecular complexity index is 808. The largest absolute Gasteiger partial charge is 0.507 e. The number of nitrogens with zero attached hydrogens (tertiary/aromatic N) is 3. The number of phenolic OH excluding ortho intramolecular Hbond substituents is 1. The van der Waals surface area contributed by atoms with Crippen molar-refractivity contribution in [2.24, 2.45) is 5.10 Å². The second-order valence-corrected chi connectivity index (χ2v) is 6.35. The van der Waals surface area contributed by atoms with Crippen LogP contribution in [0.3, 0.4) is 0 Å². The lowest BCUT2D eigenvalue weighted by molar-refractivity contribution is 0.0949. The summed E-state index contributed by atoms with van der Waals surface area (Å²) in [4.78, 5) is 14.4. The van der Waals surface area contributed by atoms with Crippen LogP contribution in [-0.4, -0.2) is 40.5 Å². The number of H-pyrrole nitrogens is 1. The number of fused-ring (bicyclic) bond motifs is 1. The number of aromatic nitrogens is 2. The van der Waals surface area contributed by atoms with E-state index in [0.29, 0.717) is 11.3 Å². The molecule has 1 aliphatic rings. The molecule has 0 bridgehead atoms. The topological polar surface area (TPSA) is 93.6 Å². The molecule has 0 atom stereocenters. The SMILES string of the molecule is CCN(CC)c1ccc(/C=N\NC(=O)c2n[nH]c3c2CCCC3)c(O)c1. The maximum absolute atomic E-state index is 12.3. The first-order chi connectivity index (χ1) is 12.6. The van der Waals surface area contributed by atoms with Crippen LogP contribution in [0.1, 0.15) is 54.0 Å². The number of benzene rings is 1. The van der Waals surface area contributed by atoms with E-state index >= 15 is 0 Å². The van der Waals surface area contributed by atoms with Gasteiger partial charge in [0.1, 0.15) is 5.75 Å². The molecule has 3 N–H and O–H groups in total. The quantitative estimate of drug-likeness (QED) is 0.548. The average molecular weight is 355 g/mol. The Balaban J connectivity index is 1.67. The normalized spacial score (nSPS) is 13.6. The zero-order valence-corrected chi connectivity index (χ0v) is 15.2. The molecule has 2 aromatic rings.